The summed E-state index contributed by atoms with van der Waals surface area (Å²) in [6, 6.07) is 4.62. The predicted molar refractivity (Wildman–Crippen MR) is 75.2 cm³/mol. The Morgan fingerprint density at radius 3 is 3.00 bits per heavy atom. The second-order valence-electron chi connectivity index (χ2n) is 5.53. The van der Waals surface area contributed by atoms with Crippen LogP contribution in [0.1, 0.15) is 44.7 Å². The van der Waals surface area contributed by atoms with Crippen molar-refractivity contribution >= 4 is 0 Å². The van der Waals surface area contributed by atoms with E-state index in [2.05, 4.69) is 29.8 Å². The minimum atomic E-state index is 0.148. The number of likely N-dealkylation sites (tertiary alicyclic amines) is 1. The van der Waals surface area contributed by atoms with Gasteiger partial charge in [-0.2, -0.15) is 0 Å². The van der Waals surface area contributed by atoms with Gasteiger partial charge in [0.2, 0.25) is 0 Å². The Hall–Kier alpha value is -0.930. The molecule has 1 aromatic heterocycles. The third-order valence-electron chi connectivity index (χ3n) is 3.93. The van der Waals surface area contributed by atoms with E-state index >= 15 is 0 Å². The highest BCUT2D eigenvalue weighted by Crippen LogP contribution is 2.30. The summed E-state index contributed by atoms with van der Waals surface area (Å²) >= 11 is 0. The van der Waals surface area contributed by atoms with Crippen LogP contribution in [0.15, 0.2) is 24.5 Å². The molecule has 0 bridgehead atoms. The Balaban J connectivity index is 2.08. The molecule has 0 radical (unpaired) electrons. The average Bonchev–Trinajstić information content (AvgIpc) is 2.79. The summed E-state index contributed by atoms with van der Waals surface area (Å²) in [7, 11) is 0. The number of nitrogens with zero attached hydrogens (tertiary/aromatic N) is 2. The Bertz CT molecular complexity index is 350. The molecule has 18 heavy (non-hydrogen) atoms. The predicted octanol–water partition coefficient (Wildman–Crippen LogP) is 2.59. The van der Waals surface area contributed by atoms with Crippen LogP contribution >= 0.6 is 0 Å². The third kappa shape index (κ3) is 3.09. The molecule has 1 fully saturated rings. The van der Waals surface area contributed by atoms with E-state index in [4.69, 9.17) is 5.73 Å². The van der Waals surface area contributed by atoms with Gasteiger partial charge in [0.1, 0.15) is 0 Å². The zero-order chi connectivity index (χ0) is 13.0. The summed E-state index contributed by atoms with van der Waals surface area (Å²) in [5.41, 5.74) is 7.45. The normalized spacial score (nSPS) is 24.1. The largest absolute Gasteiger partial charge is 0.326 e. The van der Waals surface area contributed by atoms with Crippen molar-refractivity contribution in [1.29, 1.82) is 0 Å². The van der Waals surface area contributed by atoms with Crippen LogP contribution in [0, 0.1) is 5.92 Å². The lowest BCUT2D eigenvalue weighted by atomic mass is 10.0. The second kappa shape index (κ2) is 6.30. The summed E-state index contributed by atoms with van der Waals surface area (Å²) in [5, 5.41) is 0. The van der Waals surface area contributed by atoms with Gasteiger partial charge in [0.15, 0.2) is 0 Å². The van der Waals surface area contributed by atoms with Crippen LogP contribution in [0.2, 0.25) is 0 Å². The summed E-state index contributed by atoms with van der Waals surface area (Å²) in [6.45, 7) is 6.73. The highest BCUT2D eigenvalue weighted by atomic mass is 15.2. The number of hydrogen-bond donors (Lipinski definition) is 1. The molecule has 3 atom stereocenters. The molecule has 0 amide bonds. The van der Waals surface area contributed by atoms with Crippen molar-refractivity contribution in [2.45, 2.75) is 45.2 Å². The van der Waals surface area contributed by atoms with E-state index in [1.807, 2.05) is 18.5 Å². The maximum Gasteiger partial charge on any atom is 0.0511 e. The summed E-state index contributed by atoms with van der Waals surface area (Å²) in [4.78, 5) is 6.78. The fourth-order valence-electron chi connectivity index (χ4n) is 3.16. The Kier molecular flexibility index (Phi) is 4.72. The van der Waals surface area contributed by atoms with Gasteiger partial charge in [-0.05, 0) is 43.9 Å². The van der Waals surface area contributed by atoms with Gasteiger partial charge in [0, 0.05) is 25.0 Å². The van der Waals surface area contributed by atoms with Crippen molar-refractivity contribution in [3.8, 4) is 0 Å². The first-order chi connectivity index (χ1) is 8.72. The number of hydrogen-bond acceptors (Lipinski definition) is 3. The van der Waals surface area contributed by atoms with Gasteiger partial charge in [-0.1, -0.05) is 19.4 Å². The monoisotopic (exact) mass is 247 g/mol. The Morgan fingerprint density at radius 2 is 2.39 bits per heavy atom. The first-order valence-electron chi connectivity index (χ1n) is 7.12. The first-order valence-corrected chi connectivity index (χ1v) is 7.12. The zero-order valence-corrected chi connectivity index (χ0v) is 11.5. The smallest absolute Gasteiger partial charge is 0.0511 e. The molecule has 0 spiro atoms. The van der Waals surface area contributed by atoms with E-state index in [9.17, 15) is 0 Å². The van der Waals surface area contributed by atoms with Gasteiger partial charge in [0.05, 0.1) is 6.04 Å². The molecule has 1 saturated heterocycles. The van der Waals surface area contributed by atoms with Crippen LogP contribution in [0.25, 0.3) is 0 Å². The third-order valence-corrected chi connectivity index (χ3v) is 3.93. The number of nitrogens with two attached hydrogens (primary N) is 1. The number of pyridine rings is 1. The van der Waals surface area contributed by atoms with Gasteiger partial charge in [-0.25, -0.2) is 0 Å². The molecule has 2 rings (SSSR count). The fourth-order valence-corrected chi connectivity index (χ4v) is 3.16. The van der Waals surface area contributed by atoms with E-state index in [1.165, 1.54) is 37.9 Å². The van der Waals surface area contributed by atoms with Crippen LogP contribution in [-0.2, 0) is 0 Å². The first kappa shape index (κ1) is 13.5. The lowest BCUT2D eigenvalue weighted by Crippen LogP contribution is -2.38. The van der Waals surface area contributed by atoms with E-state index in [0.717, 1.165) is 5.92 Å². The van der Waals surface area contributed by atoms with Crippen LogP contribution in [0.4, 0.5) is 0 Å². The topological polar surface area (TPSA) is 42.2 Å². The summed E-state index contributed by atoms with van der Waals surface area (Å²) in [5.74, 6) is 0.855. The lowest BCUT2D eigenvalue weighted by molar-refractivity contribution is 0.209. The van der Waals surface area contributed by atoms with Crippen LogP contribution < -0.4 is 5.73 Å². The highest BCUT2D eigenvalue weighted by Gasteiger charge is 2.30. The molecule has 0 saturated carbocycles. The highest BCUT2D eigenvalue weighted by molar-refractivity contribution is 5.16. The quantitative estimate of drug-likeness (QED) is 0.869. The van der Waals surface area contributed by atoms with Gasteiger partial charge >= 0.3 is 0 Å². The summed E-state index contributed by atoms with van der Waals surface area (Å²) < 4.78 is 0. The molecular weight excluding hydrogens is 222 g/mol. The maximum atomic E-state index is 6.20. The molecule has 0 aromatic carbocycles. The van der Waals surface area contributed by atoms with E-state index in [-0.39, 0.29) is 6.04 Å². The van der Waals surface area contributed by atoms with Crippen LogP contribution in [0.5, 0.6) is 0 Å². The van der Waals surface area contributed by atoms with E-state index in [1.54, 1.807) is 0 Å². The van der Waals surface area contributed by atoms with Gasteiger partial charge in [0.25, 0.3) is 0 Å². The molecule has 2 heterocycles. The summed E-state index contributed by atoms with van der Waals surface area (Å²) in [6.07, 6.45) is 7.73. The molecule has 2 N–H and O–H groups in total. The van der Waals surface area contributed by atoms with Crippen molar-refractivity contribution in [1.82, 2.24) is 9.88 Å². The average molecular weight is 247 g/mol. The lowest BCUT2D eigenvalue weighted by Gasteiger charge is -2.31. The van der Waals surface area contributed by atoms with E-state index < -0.39 is 0 Å². The second-order valence-corrected chi connectivity index (χ2v) is 5.53. The molecule has 3 heteroatoms. The Morgan fingerprint density at radius 1 is 1.56 bits per heavy atom. The maximum absolute atomic E-state index is 6.20. The fraction of sp³-hybridized carbons (Fsp3) is 0.667. The van der Waals surface area contributed by atoms with Crippen LogP contribution in [0.3, 0.4) is 0 Å². The van der Waals surface area contributed by atoms with Crippen molar-refractivity contribution in [2.75, 3.05) is 13.1 Å². The SMILES string of the molecule is CCCC1CCN(C(c2cccnc2)C(C)N)C1. The molecule has 1 aliphatic heterocycles. The minimum absolute atomic E-state index is 0.148. The molecule has 100 valence electrons. The molecule has 3 nitrogen and oxygen atoms in total. The minimum Gasteiger partial charge on any atom is -0.326 e. The van der Waals surface area contributed by atoms with Crippen molar-refractivity contribution in [3.63, 3.8) is 0 Å². The number of aromatic nitrogens is 1. The standard InChI is InChI=1S/C15H25N3/c1-3-5-13-7-9-18(11-13)15(12(2)16)14-6-4-8-17-10-14/h4,6,8,10,12-13,15H,3,5,7,9,11,16H2,1-2H3. The van der Waals surface area contributed by atoms with Crippen molar-refractivity contribution < 1.29 is 0 Å². The van der Waals surface area contributed by atoms with Crippen molar-refractivity contribution in [2.24, 2.45) is 11.7 Å². The zero-order valence-electron chi connectivity index (χ0n) is 11.5. The van der Waals surface area contributed by atoms with Crippen molar-refractivity contribution in [3.05, 3.63) is 30.1 Å². The molecular formula is C15H25N3. The van der Waals surface area contributed by atoms with Gasteiger partial charge in [-0.3, -0.25) is 9.88 Å². The number of rotatable bonds is 5. The molecule has 1 aliphatic rings. The Labute approximate surface area is 110 Å². The van der Waals surface area contributed by atoms with E-state index in [0.29, 0.717) is 6.04 Å². The molecule has 0 aliphatic carbocycles. The van der Waals surface area contributed by atoms with Gasteiger partial charge < -0.3 is 5.73 Å². The molecule has 1 aromatic rings. The van der Waals surface area contributed by atoms with Gasteiger partial charge in [-0.15, -0.1) is 0 Å². The molecule has 3 unspecified atom stereocenters. The van der Waals surface area contributed by atoms with Crippen LogP contribution in [-0.4, -0.2) is 29.0 Å².